The number of thiazole rings is 1. The molecule has 0 aliphatic carbocycles. The summed E-state index contributed by atoms with van der Waals surface area (Å²) in [5, 5.41) is 5.48. The van der Waals surface area contributed by atoms with E-state index in [0.717, 1.165) is 53.6 Å². The first-order valence-electron chi connectivity index (χ1n) is 6.77. The topological polar surface area (TPSA) is 46.9 Å². The Morgan fingerprint density at radius 3 is 2.64 bits per heavy atom. The van der Waals surface area contributed by atoms with E-state index < -0.39 is 0 Å². The zero-order valence-corrected chi connectivity index (χ0v) is 16.5. The molecule has 4 nitrogen and oxygen atoms in total. The number of nitrogens with zero attached hydrogens (tertiary/aromatic N) is 2. The van der Waals surface area contributed by atoms with Crippen molar-refractivity contribution in [1.29, 1.82) is 0 Å². The number of hydrogen-bond acceptors (Lipinski definition) is 3. The van der Waals surface area contributed by atoms with Crippen molar-refractivity contribution < 1.29 is 4.79 Å². The normalized spacial score (nSPS) is 10.7. The van der Waals surface area contributed by atoms with Gasteiger partial charge in [-0.05, 0) is 0 Å². The Morgan fingerprint density at radius 2 is 2.00 bits per heavy atom. The first kappa shape index (κ1) is 15.4. The van der Waals surface area contributed by atoms with Crippen molar-refractivity contribution in [3.05, 3.63) is 58.7 Å². The summed E-state index contributed by atoms with van der Waals surface area (Å²) in [7, 11) is 0. The molecule has 3 aromatic rings. The molecule has 112 valence electrons. The van der Waals surface area contributed by atoms with Gasteiger partial charge >= 0.3 is 149 Å². The van der Waals surface area contributed by atoms with E-state index in [1.54, 1.807) is 0 Å². The number of amides is 1. The average Bonchev–Trinajstić information content (AvgIpc) is 3.09. The van der Waals surface area contributed by atoms with Crippen molar-refractivity contribution in [3.63, 3.8) is 0 Å². The third-order valence-electron chi connectivity index (χ3n) is 3.43. The number of hydrogen-bond donors (Lipinski definition) is 1. The van der Waals surface area contributed by atoms with E-state index in [4.69, 9.17) is 0 Å². The van der Waals surface area contributed by atoms with Crippen molar-refractivity contribution >= 4 is 47.7 Å². The van der Waals surface area contributed by atoms with Crippen LogP contribution >= 0.6 is 11.3 Å². The summed E-state index contributed by atoms with van der Waals surface area (Å²) in [6.45, 7) is 3.99. The molecule has 0 radical (unpaired) electrons. The second-order valence-electron chi connectivity index (χ2n) is 4.95. The molecule has 0 fully saturated rings. The van der Waals surface area contributed by atoms with Crippen LogP contribution in [0.3, 0.4) is 0 Å². The Balaban J connectivity index is 1.80. The van der Waals surface area contributed by atoms with Crippen LogP contribution in [-0.4, -0.2) is 38.7 Å². The van der Waals surface area contributed by atoms with Crippen LogP contribution in [0.2, 0.25) is 0 Å². The van der Waals surface area contributed by atoms with Crippen molar-refractivity contribution in [2.24, 2.45) is 0 Å². The first-order chi connectivity index (χ1) is 10.6. The van der Waals surface area contributed by atoms with Crippen LogP contribution in [0.1, 0.15) is 21.7 Å². The van der Waals surface area contributed by atoms with Gasteiger partial charge in [0, 0.05) is 0 Å². The molecule has 0 aliphatic rings. The van der Waals surface area contributed by atoms with Crippen LogP contribution in [0, 0.1) is 13.8 Å². The minimum absolute atomic E-state index is 0.0978. The first-order valence-corrected chi connectivity index (χ1v) is 9.20. The van der Waals surface area contributed by atoms with Crippen LogP contribution < -0.4 is 5.32 Å². The monoisotopic (exact) mass is 506 g/mol. The van der Waals surface area contributed by atoms with Gasteiger partial charge in [-0.2, -0.15) is 0 Å². The summed E-state index contributed by atoms with van der Waals surface area (Å²) in [5.74, 6) is -0.0978. The molecule has 6 heteroatoms. The maximum absolute atomic E-state index is 12.4. The zero-order valence-electron chi connectivity index (χ0n) is 12.2. The van der Waals surface area contributed by atoms with Gasteiger partial charge in [0.15, 0.2) is 0 Å². The molecule has 0 saturated carbocycles. The van der Waals surface area contributed by atoms with Gasteiger partial charge in [0.2, 0.25) is 0 Å². The Hall–Kier alpha value is -1.50. The van der Waals surface area contributed by atoms with Crippen LogP contribution in [0.5, 0.6) is 0 Å². The summed E-state index contributed by atoms with van der Waals surface area (Å²) < 4.78 is 2.12. The van der Waals surface area contributed by atoms with Gasteiger partial charge in [0.1, 0.15) is 0 Å². The molecule has 1 N–H and O–H groups in total. The zero-order chi connectivity index (χ0) is 15.7. The Morgan fingerprint density at radius 1 is 1.27 bits per heavy atom. The molecule has 0 bridgehead atoms. The molecular weight excluding hydrogens is 491 g/mol. The Labute approximate surface area is 148 Å². The van der Waals surface area contributed by atoms with Gasteiger partial charge in [-0.3, -0.25) is 0 Å². The molecule has 0 aliphatic heterocycles. The van der Waals surface area contributed by atoms with Crippen molar-refractivity contribution in [2.45, 2.75) is 13.8 Å². The van der Waals surface area contributed by atoms with E-state index in [-0.39, 0.29) is 5.91 Å². The number of nitrogens with one attached hydrogen (secondary N) is 1. The summed E-state index contributed by atoms with van der Waals surface area (Å²) in [4.78, 5) is 16.9. The molecule has 2 aromatic heterocycles. The number of carbonyl (C=O) groups is 1. The third-order valence-corrected chi connectivity index (χ3v) is 6.58. The standard InChI is InChI=1S/C16H15N3OS.Po.H/c1-10-8-13(11(2)17-10)15(20)19-16-18-14(9-21-16)12-6-4-3-5-7-12;;/h3-9H,1-2H3,(H2,17,18,19,20);;/q;+1;/p-1. The van der Waals surface area contributed by atoms with E-state index in [0.29, 0.717) is 5.13 Å². The van der Waals surface area contributed by atoms with E-state index in [9.17, 15) is 4.79 Å². The Kier molecular flexibility index (Phi) is 4.42. The summed E-state index contributed by atoms with van der Waals surface area (Å²) >= 11 is 2.54. The van der Waals surface area contributed by atoms with Crippen LogP contribution in [-0.2, 0) is 0 Å². The number of rotatable bonds is 3. The molecule has 1 amide bonds. The number of carbonyl (C=O) groups excluding carboxylic acids is 1. The molecular formula is C16H15N3OPoS. The predicted octanol–water partition coefficient (Wildman–Crippen LogP) is 3.14. The molecule has 0 unspecified atom stereocenters. The van der Waals surface area contributed by atoms with E-state index in [2.05, 4.69) is 12.8 Å². The van der Waals surface area contributed by atoms with Gasteiger partial charge in [0.05, 0.1) is 0 Å². The molecule has 22 heavy (non-hydrogen) atoms. The fourth-order valence-electron chi connectivity index (χ4n) is 2.22. The SMILES string of the molecule is Cc1cc(C(=O)Nc2nc(-c3ccccc3)cs2)c(C)[n]1[PoH]. The van der Waals surface area contributed by atoms with Crippen LogP contribution in [0.4, 0.5) is 5.13 Å². The van der Waals surface area contributed by atoms with E-state index in [1.165, 1.54) is 11.3 Å². The van der Waals surface area contributed by atoms with Gasteiger partial charge in [-0.25, -0.2) is 0 Å². The van der Waals surface area contributed by atoms with Gasteiger partial charge in [-0.1, -0.05) is 0 Å². The maximum atomic E-state index is 12.4. The van der Waals surface area contributed by atoms with Gasteiger partial charge in [0.25, 0.3) is 0 Å². The number of anilines is 1. The quantitative estimate of drug-likeness (QED) is 0.594. The molecule has 3 rings (SSSR count). The van der Waals surface area contributed by atoms with Crippen LogP contribution in [0.25, 0.3) is 11.3 Å². The fraction of sp³-hybridized carbons (Fsp3) is 0.125. The molecule has 1 aromatic carbocycles. The van der Waals surface area contributed by atoms with Crippen molar-refractivity contribution in [1.82, 2.24) is 7.45 Å². The fourth-order valence-corrected chi connectivity index (χ4v) is 3.58. The average molecular weight is 506 g/mol. The summed E-state index contributed by atoms with van der Waals surface area (Å²) in [5.41, 5.74) is 4.77. The molecule has 0 atom stereocenters. The number of aryl methyl sites for hydroxylation is 1. The summed E-state index contributed by atoms with van der Waals surface area (Å²) in [6.07, 6.45) is 0. The van der Waals surface area contributed by atoms with Gasteiger partial charge in [-0.15, -0.1) is 0 Å². The van der Waals surface area contributed by atoms with Crippen LogP contribution in [0.15, 0.2) is 41.8 Å². The van der Waals surface area contributed by atoms with E-state index >= 15 is 0 Å². The number of aromatic nitrogens is 2. The molecule has 0 spiro atoms. The molecule has 2 heterocycles. The second-order valence-corrected chi connectivity index (χ2v) is 7.37. The van der Waals surface area contributed by atoms with Crippen molar-refractivity contribution in [2.75, 3.05) is 5.32 Å². The summed E-state index contributed by atoms with van der Waals surface area (Å²) in [6, 6.07) is 11.9. The second kappa shape index (κ2) is 6.32. The van der Waals surface area contributed by atoms with Gasteiger partial charge < -0.3 is 0 Å². The minimum atomic E-state index is -0.0978. The predicted molar refractivity (Wildman–Crippen MR) is 92.0 cm³/mol. The molecule has 0 saturated heterocycles. The van der Waals surface area contributed by atoms with E-state index in [1.807, 2.05) is 55.6 Å². The Bertz CT molecular complexity index is 823. The van der Waals surface area contributed by atoms with Crippen molar-refractivity contribution in [3.8, 4) is 11.3 Å². The third kappa shape index (κ3) is 2.99. The number of benzene rings is 1.